The molecule has 3 heteroatoms. The summed E-state index contributed by atoms with van der Waals surface area (Å²) < 4.78 is 9.92. The van der Waals surface area contributed by atoms with Crippen molar-refractivity contribution in [1.29, 1.82) is 0 Å². The van der Waals surface area contributed by atoms with Gasteiger partial charge in [0.25, 0.3) is 0 Å². The predicted octanol–water partition coefficient (Wildman–Crippen LogP) is 4.02. The number of ether oxygens (including phenoxy) is 2. The largest absolute Gasteiger partial charge is 0.509 e. The lowest BCUT2D eigenvalue weighted by Crippen LogP contribution is -2.27. The van der Waals surface area contributed by atoms with Gasteiger partial charge in [0, 0.05) is 5.56 Å². The molecule has 0 aromatic heterocycles. The van der Waals surface area contributed by atoms with Crippen LogP contribution in [0.4, 0.5) is 4.79 Å². The Bertz CT molecular complexity index is 613. The molecule has 0 amide bonds. The Morgan fingerprint density at radius 2 is 1.89 bits per heavy atom. The average Bonchev–Trinajstić information content (AvgIpc) is 2.46. The van der Waals surface area contributed by atoms with E-state index in [4.69, 9.17) is 4.74 Å². The van der Waals surface area contributed by atoms with Crippen LogP contribution in [0.15, 0.2) is 55.1 Å². The molecule has 19 heavy (non-hydrogen) atoms. The highest BCUT2D eigenvalue weighted by Gasteiger charge is 2.29. The molecule has 0 radical (unpaired) electrons. The molecule has 0 heterocycles. The summed E-state index contributed by atoms with van der Waals surface area (Å²) in [5.74, 6) is 0. The molecule has 2 aromatic rings. The molecule has 2 aromatic carbocycles. The lowest BCUT2D eigenvalue weighted by atomic mass is 9.91. The smallest absolute Gasteiger partial charge is 0.438 e. The van der Waals surface area contributed by atoms with Gasteiger partial charge in [-0.25, -0.2) is 4.79 Å². The molecule has 0 saturated heterocycles. The highest BCUT2D eigenvalue weighted by atomic mass is 16.7. The first kappa shape index (κ1) is 13.1. The maximum absolute atomic E-state index is 11.4. The van der Waals surface area contributed by atoms with Gasteiger partial charge in [-0.1, -0.05) is 49.0 Å². The Hall–Kier alpha value is -2.29. The summed E-state index contributed by atoms with van der Waals surface area (Å²) in [5, 5.41) is 2.11. The summed E-state index contributed by atoms with van der Waals surface area (Å²) >= 11 is 0. The van der Waals surface area contributed by atoms with Crippen LogP contribution in [-0.4, -0.2) is 13.3 Å². The van der Waals surface area contributed by atoms with Crippen molar-refractivity contribution in [1.82, 2.24) is 0 Å². The summed E-state index contributed by atoms with van der Waals surface area (Å²) in [6, 6.07) is 13.8. The number of rotatable bonds is 3. The molecular formula is C16H16O3. The molecule has 0 unspecified atom stereocenters. The first-order valence-corrected chi connectivity index (χ1v) is 5.99. The standard InChI is InChI=1S/C16H16O3/c1-4-16(2,19-15(17)18-3)14-11-7-9-12-8-5-6-10-13(12)14/h4-11H,1H2,2-3H3/t16-/m1/s1. The van der Waals surface area contributed by atoms with Gasteiger partial charge < -0.3 is 9.47 Å². The fraction of sp³-hybridized carbons (Fsp3) is 0.188. The summed E-state index contributed by atoms with van der Waals surface area (Å²) in [6.45, 7) is 5.56. The van der Waals surface area contributed by atoms with Crippen LogP contribution >= 0.6 is 0 Å². The van der Waals surface area contributed by atoms with Gasteiger partial charge in [-0.3, -0.25) is 0 Å². The minimum atomic E-state index is -0.923. The van der Waals surface area contributed by atoms with Crippen molar-refractivity contribution in [2.24, 2.45) is 0 Å². The second kappa shape index (κ2) is 5.14. The zero-order valence-corrected chi connectivity index (χ0v) is 11.1. The molecule has 98 valence electrons. The normalized spacial score (nSPS) is 13.6. The second-order valence-corrected chi connectivity index (χ2v) is 4.39. The summed E-state index contributed by atoms with van der Waals surface area (Å²) in [4.78, 5) is 11.4. The quantitative estimate of drug-likeness (QED) is 0.614. The van der Waals surface area contributed by atoms with Gasteiger partial charge in [-0.2, -0.15) is 0 Å². The van der Waals surface area contributed by atoms with E-state index in [0.717, 1.165) is 16.3 Å². The molecule has 1 atom stereocenters. The van der Waals surface area contributed by atoms with Gasteiger partial charge >= 0.3 is 6.16 Å². The third kappa shape index (κ3) is 2.45. The maximum atomic E-state index is 11.4. The molecule has 0 saturated carbocycles. The molecule has 2 rings (SSSR count). The third-order valence-corrected chi connectivity index (χ3v) is 3.18. The van der Waals surface area contributed by atoms with Crippen molar-refractivity contribution in [2.45, 2.75) is 12.5 Å². The molecule has 3 nitrogen and oxygen atoms in total. The fourth-order valence-electron chi connectivity index (χ4n) is 2.08. The summed E-state index contributed by atoms with van der Waals surface area (Å²) in [6.07, 6.45) is 0.876. The Morgan fingerprint density at radius 3 is 2.58 bits per heavy atom. The van der Waals surface area contributed by atoms with E-state index in [1.807, 2.05) is 42.5 Å². The number of hydrogen-bond donors (Lipinski definition) is 0. The Labute approximate surface area is 112 Å². The number of methoxy groups -OCH3 is 1. The van der Waals surface area contributed by atoms with Gasteiger partial charge in [-0.15, -0.1) is 0 Å². The highest BCUT2D eigenvalue weighted by molar-refractivity contribution is 5.87. The van der Waals surface area contributed by atoms with Crippen LogP contribution in [0.5, 0.6) is 0 Å². The Morgan fingerprint density at radius 1 is 1.21 bits per heavy atom. The van der Waals surface area contributed by atoms with Crippen LogP contribution in [0.25, 0.3) is 10.8 Å². The van der Waals surface area contributed by atoms with Crippen molar-refractivity contribution >= 4 is 16.9 Å². The summed E-state index contributed by atoms with van der Waals surface area (Å²) in [5.41, 5.74) is -0.0421. The van der Waals surface area contributed by atoms with E-state index >= 15 is 0 Å². The molecule has 0 N–H and O–H groups in total. The van der Waals surface area contributed by atoms with Gasteiger partial charge in [-0.05, 0) is 23.8 Å². The summed E-state index contributed by atoms with van der Waals surface area (Å²) in [7, 11) is 1.29. The Balaban J connectivity index is 2.57. The van der Waals surface area contributed by atoms with Crippen molar-refractivity contribution in [3.05, 3.63) is 60.7 Å². The van der Waals surface area contributed by atoms with Gasteiger partial charge in [0.2, 0.25) is 0 Å². The number of carbonyl (C=O) groups is 1. The molecule has 0 aliphatic rings. The molecule has 0 aliphatic heterocycles. The van der Waals surface area contributed by atoms with Crippen molar-refractivity contribution < 1.29 is 14.3 Å². The molecule has 0 bridgehead atoms. The zero-order chi connectivity index (χ0) is 13.9. The van der Waals surface area contributed by atoms with Gasteiger partial charge in [0.15, 0.2) is 5.60 Å². The molecule has 0 spiro atoms. The second-order valence-electron chi connectivity index (χ2n) is 4.39. The van der Waals surface area contributed by atoms with Crippen LogP contribution in [0.2, 0.25) is 0 Å². The van der Waals surface area contributed by atoms with E-state index in [9.17, 15) is 4.79 Å². The van der Waals surface area contributed by atoms with E-state index < -0.39 is 11.8 Å². The third-order valence-electron chi connectivity index (χ3n) is 3.18. The van der Waals surface area contributed by atoms with Crippen molar-refractivity contribution in [3.8, 4) is 0 Å². The molecule has 0 aliphatic carbocycles. The number of hydrogen-bond acceptors (Lipinski definition) is 3. The monoisotopic (exact) mass is 256 g/mol. The predicted molar refractivity (Wildman–Crippen MR) is 75.0 cm³/mol. The van der Waals surface area contributed by atoms with Crippen LogP contribution in [0.3, 0.4) is 0 Å². The van der Waals surface area contributed by atoms with E-state index in [2.05, 4.69) is 11.3 Å². The minimum Gasteiger partial charge on any atom is -0.438 e. The topological polar surface area (TPSA) is 35.5 Å². The van der Waals surface area contributed by atoms with Gasteiger partial charge in [0.05, 0.1) is 7.11 Å². The highest BCUT2D eigenvalue weighted by Crippen LogP contribution is 2.32. The van der Waals surface area contributed by atoms with E-state index in [1.165, 1.54) is 7.11 Å². The van der Waals surface area contributed by atoms with Crippen LogP contribution in [0.1, 0.15) is 12.5 Å². The average molecular weight is 256 g/mol. The van der Waals surface area contributed by atoms with Gasteiger partial charge in [0.1, 0.15) is 0 Å². The van der Waals surface area contributed by atoms with Crippen LogP contribution in [0, 0.1) is 0 Å². The fourth-order valence-corrected chi connectivity index (χ4v) is 2.08. The Kier molecular flexibility index (Phi) is 3.56. The van der Waals surface area contributed by atoms with E-state index in [0.29, 0.717) is 0 Å². The molecular weight excluding hydrogens is 240 g/mol. The van der Waals surface area contributed by atoms with E-state index in [-0.39, 0.29) is 0 Å². The van der Waals surface area contributed by atoms with E-state index in [1.54, 1.807) is 13.0 Å². The number of fused-ring (bicyclic) bond motifs is 1. The SMILES string of the molecule is C=C[C@@](C)(OC(=O)OC)c1cccc2ccccc12. The number of carbonyl (C=O) groups excluding carboxylic acids is 1. The number of benzene rings is 2. The van der Waals surface area contributed by atoms with Crippen LogP contribution < -0.4 is 0 Å². The minimum absolute atomic E-state index is 0.727. The maximum Gasteiger partial charge on any atom is 0.509 e. The zero-order valence-electron chi connectivity index (χ0n) is 11.1. The lowest BCUT2D eigenvalue weighted by molar-refractivity contribution is 0.00731. The molecule has 0 fully saturated rings. The van der Waals surface area contributed by atoms with Crippen molar-refractivity contribution in [3.63, 3.8) is 0 Å². The lowest BCUT2D eigenvalue weighted by Gasteiger charge is -2.27. The van der Waals surface area contributed by atoms with Crippen LogP contribution in [-0.2, 0) is 15.1 Å². The first-order valence-electron chi connectivity index (χ1n) is 5.99. The first-order chi connectivity index (χ1) is 9.10. The van der Waals surface area contributed by atoms with Crippen molar-refractivity contribution in [2.75, 3.05) is 7.11 Å².